The molecule has 0 N–H and O–H groups in total. The van der Waals surface area contributed by atoms with Gasteiger partial charge in [0.05, 0.1) is 0 Å². The first kappa shape index (κ1) is 5.95. The van der Waals surface area contributed by atoms with E-state index in [9.17, 15) is 4.21 Å². The summed E-state index contributed by atoms with van der Waals surface area (Å²) in [6.45, 7) is 2.52. The predicted octanol–water partition coefficient (Wildman–Crippen LogP) is 0.784. The van der Waals surface area contributed by atoms with Crippen LogP contribution in [-0.2, 0) is 14.8 Å². The minimum Gasteiger partial charge on any atom is -0.445 e. The molecule has 0 unspecified atom stereocenters. The Labute approximate surface area is 39.8 Å². The zero-order valence-corrected chi connectivity index (χ0v) is 4.79. The highest BCUT2D eigenvalue weighted by molar-refractivity contribution is 7.73. The van der Waals surface area contributed by atoms with Gasteiger partial charge in [0.2, 0.25) is 0 Å². The maximum absolute atomic E-state index is 9.99. The Bertz CT molecular complexity index is 93.0. The van der Waals surface area contributed by atoms with E-state index in [1.807, 2.05) is 6.92 Å². The number of hydrogen-bond acceptors (Lipinski definition) is 3. The van der Waals surface area contributed by atoms with Crippen LogP contribution in [0.15, 0.2) is 4.36 Å². The molecule has 0 rings (SSSR count). The van der Waals surface area contributed by atoms with Crippen LogP contribution in [-0.4, -0.2) is 12.8 Å². The van der Waals surface area contributed by atoms with Crippen molar-refractivity contribution in [3.63, 3.8) is 0 Å². The molecule has 0 aliphatic heterocycles. The largest absolute Gasteiger partial charge is 0.445 e. The van der Waals surface area contributed by atoms with Crippen LogP contribution in [0.5, 0.6) is 0 Å². The van der Waals surface area contributed by atoms with Gasteiger partial charge in [0.1, 0.15) is 0 Å². The molecule has 0 saturated heterocycles. The normalized spacial score (nSPS) is 15.0. The lowest BCUT2D eigenvalue weighted by Crippen LogP contribution is -1.67. The van der Waals surface area contributed by atoms with E-state index < -0.39 is 10.6 Å². The first-order chi connectivity index (χ1) is 2.77. The van der Waals surface area contributed by atoms with Gasteiger partial charge in [-0.1, -0.05) is 0 Å². The van der Waals surface area contributed by atoms with Crippen LogP contribution in [0.4, 0.5) is 0 Å². The molecule has 0 amide bonds. The van der Waals surface area contributed by atoms with Gasteiger partial charge in [-0.3, -0.25) is 0 Å². The van der Waals surface area contributed by atoms with Crippen molar-refractivity contribution in [2.75, 3.05) is 12.8 Å². The van der Waals surface area contributed by atoms with Gasteiger partial charge in [-0.2, -0.15) is 10.6 Å². The van der Waals surface area contributed by atoms with E-state index in [2.05, 4.69) is 4.36 Å². The number of nitrogens with zero attached hydrogens (tertiary/aromatic N) is 1. The quantitative estimate of drug-likeness (QED) is 0.454. The Balaban J connectivity index is 3.43. The van der Waals surface area contributed by atoms with Crippen molar-refractivity contribution < 1.29 is 4.21 Å². The fourth-order valence-corrected chi connectivity index (χ4v) is 0.545. The minimum atomic E-state index is -0.941. The molecular weight excluding hydrogens is 98.1 g/mol. The lowest BCUT2D eigenvalue weighted by Gasteiger charge is -1.85. The van der Waals surface area contributed by atoms with E-state index in [1.54, 1.807) is 6.26 Å². The third kappa shape index (κ3) is 3.95. The van der Waals surface area contributed by atoms with Crippen LogP contribution in [0.1, 0.15) is 6.92 Å². The SMILES string of the molecule is CCN=[S-](C)=O. The van der Waals surface area contributed by atoms with Crippen LogP contribution in [0.2, 0.25) is 0 Å². The second-order valence-electron chi connectivity index (χ2n) is 0.869. The lowest BCUT2D eigenvalue weighted by atomic mass is 10.8. The highest BCUT2D eigenvalue weighted by atomic mass is 32.2. The maximum Gasteiger partial charge on any atom is 0.00939 e. The van der Waals surface area contributed by atoms with E-state index in [4.69, 9.17) is 0 Å². The van der Waals surface area contributed by atoms with E-state index in [-0.39, 0.29) is 0 Å². The monoisotopic (exact) mass is 106 g/mol. The van der Waals surface area contributed by atoms with E-state index in [0.29, 0.717) is 6.54 Å². The third-order valence-corrected chi connectivity index (χ3v) is 0.933. The summed E-state index contributed by atoms with van der Waals surface area (Å²) in [5.41, 5.74) is 0. The van der Waals surface area contributed by atoms with Crippen LogP contribution < -0.4 is 0 Å². The van der Waals surface area contributed by atoms with Gasteiger partial charge < -0.3 is 8.57 Å². The Kier molecular flexibility index (Phi) is 3.13. The van der Waals surface area contributed by atoms with Gasteiger partial charge in [-0.15, -0.1) is 6.26 Å². The van der Waals surface area contributed by atoms with Crippen LogP contribution in [0.25, 0.3) is 0 Å². The Morgan fingerprint density at radius 1 is 1.83 bits per heavy atom. The average Bonchev–Trinajstić information content (AvgIpc) is 1.35. The van der Waals surface area contributed by atoms with Crippen molar-refractivity contribution in [2.45, 2.75) is 6.92 Å². The Morgan fingerprint density at radius 2 is 2.33 bits per heavy atom. The number of rotatable bonds is 1. The first-order valence-electron chi connectivity index (χ1n) is 1.78. The summed E-state index contributed by atoms with van der Waals surface area (Å²) in [5, 5.41) is 0. The van der Waals surface area contributed by atoms with Crippen LogP contribution >= 0.6 is 0 Å². The van der Waals surface area contributed by atoms with Gasteiger partial charge in [0.25, 0.3) is 0 Å². The molecule has 38 valence electrons. The molecule has 2 nitrogen and oxygen atoms in total. The fourth-order valence-electron chi connectivity index (χ4n) is 0.182. The van der Waals surface area contributed by atoms with Crippen molar-refractivity contribution in [1.29, 1.82) is 0 Å². The molecule has 0 fully saturated rings. The summed E-state index contributed by atoms with van der Waals surface area (Å²) in [5.74, 6) is 0. The van der Waals surface area contributed by atoms with Gasteiger partial charge in [-0.25, -0.2) is 0 Å². The van der Waals surface area contributed by atoms with E-state index in [0.717, 1.165) is 0 Å². The standard InChI is InChI=1S/C3H8NOS/c1-3-4-6(2)5/h3H2,1-2H3/q-1. The molecule has 0 aromatic rings. The summed E-state index contributed by atoms with van der Waals surface area (Å²) in [6.07, 6.45) is 1.56. The smallest absolute Gasteiger partial charge is 0.00939 e. The minimum absolute atomic E-state index is 0.656. The highest BCUT2D eigenvalue weighted by Crippen LogP contribution is 1.64. The zero-order valence-electron chi connectivity index (χ0n) is 3.97. The van der Waals surface area contributed by atoms with Crippen molar-refractivity contribution in [2.24, 2.45) is 4.36 Å². The molecule has 0 aromatic heterocycles. The van der Waals surface area contributed by atoms with Crippen molar-refractivity contribution >= 4 is 10.6 Å². The fraction of sp³-hybridized carbons (Fsp3) is 1.00. The van der Waals surface area contributed by atoms with Crippen LogP contribution in [0.3, 0.4) is 0 Å². The molecule has 3 heteroatoms. The molecule has 0 bridgehead atoms. The molecule has 6 heavy (non-hydrogen) atoms. The summed E-state index contributed by atoms with van der Waals surface area (Å²) >= 11 is 0. The number of hydrogen-bond donors (Lipinski definition) is 0. The summed E-state index contributed by atoms with van der Waals surface area (Å²) in [6, 6.07) is 0. The summed E-state index contributed by atoms with van der Waals surface area (Å²) in [7, 11) is -0.941. The molecule has 0 aromatic carbocycles. The van der Waals surface area contributed by atoms with Gasteiger partial charge in [0.15, 0.2) is 0 Å². The summed E-state index contributed by atoms with van der Waals surface area (Å²) < 4.78 is 13.6. The Hall–Kier alpha value is -0.0500. The molecule has 0 atom stereocenters. The van der Waals surface area contributed by atoms with Crippen molar-refractivity contribution in [3.8, 4) is 0 Å². The van der Waals surface area contributed by atoms with Gasteiger partial charge in [-0.05, 0) is 6.92 Å². The molecule has 0 radical (unpaired) electrons. The topological polar surface area (TPSA) is 29.4 Å². The molecular formula is C3H8NOS-. The Morgan fingerprint density at radius 3 is 2.33 bits per heavy atom. The lowest BCUT2D eigenvalue weighted by molar-refractivity contribution is 0.602. The molecule has 0 aliphatic rings. The second kappa shape index (κ2) is 3.15. The molecule has 0 saturated carbocycles. The van der Waals surface area contributed by atoms with Gasteiger partial charge >= 0.3 is 0 Å². The van der Waals surface area contributed by atoms with Crippen LogP contribution in [0, 0.1) is 0 Å². The van der Waals surface area contributed by atoms with Crippen molar-refractivity contribution in [1.82, 2.24) is 0 Å². The van der Waals surface area contributed by atoms with Crippen molar-refractivity contribution in [3.05, 3.63) is 0 Å². The molecule has 0 spiro atoms. The van der Waals surface area contributed by atoms with E-state index in [1.165, 1.54) is 0 Å². The predicted molar refractivity (Wildman–Crippen MR) is 26.9 cm³/mol. The maximum atomic E-state index is 9.99. The highest BCUT2D eigenvalue weighted by Gasteiger charge is 1.48. The van der Waals surface area contributed by atoms with E-state index >= 15 is 0 Å². The molecule has 0 aliphatic carbocycles. The first-order valence-corrected chi connectivity index (χ1v) is 3.30. The zero-order chi connectivity index (χ0) is 4.99. The second-order valence-corrected chi connectivity index (χ2v) is 1.97. The summed E-state index contributed by atoms with van der Waals surface area (Å²) in [4.78, 5) is 0. The van der Waals surface area contributed by atoms with Gasteiger partial charge in [0, 0.05) is 6.54 Å². The molecule has 0 heterocycles. The average molecular weight is 106 g/mol. The third-order valence-electron chi connectivity index (χ3n) is 0.311.